The smallest absolute Gasteiger partial charge is 0.322 e. The van der Waals surface area contributed by atoms with E-state index in [1.807, 2.05) is 0 Å². The largest absolute Gasteiger partial charge is 0.348 e. The number of alkyl halides is 2. The predicted molar refractivity (Wildman–Crippen MR) is 115 cm³/mol. The Balaban J connectivity index is 1.53. The van der Waals surface area contributed by atoms with Crippen molar-refractivity contribution in [1.29, 1.82) is 0 Å². The predicted octanol–water partition coefficient (Wildman–Crippen LogP) is 2.14. The second-order valence-electron chi connectivity index (χ2n) is 7.72. The molecule has 4 rings (SSSR count). The number of fused-ring (bicyclic) bond motifs is 3. The molecule has 1 aromatic heterocycles. The highest BCUT2D eigenvalue weighted by Crippen LogP contribution is 2.27. The molecule has 0 fully saturated rings. The van der Waals surface area contributed by atoms with Crippen LogP contribution >= 0.6 is 15.9 Å². The number of aromatic nitrogens is 2. The number of nitrogens with one attached hydrogen (secondary N) is 2. The molecule has 10 nitrogen and oxygen atoms in total. The van der Waals surface area contributed by atoms with E-state index < -0.39 is 42.7 Å². The number of rotatable bonds is 4. The van der Waals surface area contributed by atoms with Crippen molar-refractivity contribution in [3.63, 3.8) is 0 Å². The minimum Gasteiger partial charge on any atom is -0.348 e. The normalized spacial score (nSPS) is 17.8. The average molecular weight is 545 g/mol. The monoisotopic (exact) mass is 544 g/mol. The molecule has 182 valence electrons. The summed E-state index contributed by atoms with van der Waals surface area (Å²) < 4.78 is 39.9. The fourth-order valence-electron chi connectivity index (χ4n) is 3.75. The van der Waals surface area contributed by atoms with Crippen molar-refractivity contribution >= 4 is 39.5 Å². The maximum Gasteiger partial charge on any atom is 0.322 e. The molecule has 2 N–H and O–H groups in total. The van der Waals surface area contributed by atoms with Crippen LogP contribution in [0, 0.1) is 5.82 Å². The quantitative estimate of drug-likeness (QED) is 0.613. The Morgan fingerprint density at radius 1 is 1.35 bits per heavy atom. The van der Waals surface area contributed by atoms with E-state index in [2.05, 4.69) is 31.7 Å². The van der Waals surface area contributed by atoms with Gasteiger partial charge in [0.2, 0.25) is 0 Å². The maximum absolute atomic E-state index is 13.5. The zero-order chi connectivity index (χ0) is 24.6. The molecule has 1 aromatic carbocycles. The van der Waals surface area contributed by atoms with Crippen LogP contribution in [0.25, 0.3) is 0 Å². The van der Waals surface area contributed by atoms with Gasteiger partial charge < -0.3 is 15.5 Å². The Kier molecular flexibility index (Phi) is 6.79. The highest BCUT2D eigenvalue weighted by Gasteiger charge is 2.37. The van der Waals surface area contributed by atoms with Crippen molar-refractivity contribution in [2.45, 2.75) is 32.0 Å². The third kappa shape index (κ3) is 4.87. The number of anilines is 1. The summed E-state index contributed by atoms with van der Waals surface area (Å²) in [5.74, 6) is -1.84. The summed E-state index contributed by atoms with van der Waals surface area (Å²) in [6, 6.07) is 3.63. The third-order valence-corrected chi connectivity index (χ3v) is 6.00. The van der Waals surface area contributed by atoms with Crippen molar-refractivity contribution < 1.29 is 32.4 Å². The first kappa shape index (κ1) is 24.0. The van der Waals surface area contributed by atoms with Gasteiger partial charge in [-0.15, -0.1) is 0 Å². The average Bonchev–Trinajstić information content (AvgIpc) is 3.09. The van der Waals surface area contributed by atoms with Crippen LogP contribution in [0.2, 0.25) is 0 Å². The van der Waals surface area contributed by atoms with E-state index in [4.69, 9.17) is 4.84 Å². The molecule has 4 amide bonds. The maximum atomic E-state index is 13.5. The lowest BCUT2D eigenvalue weighted by atomic mass is 10.1. The number of benzene rings is 1. The first-order chi connectivity index (χ1) is 16.1. The standard InChI is InChI=1S/C20H20BrF3N6O4/c1-28-19(32)17-11-8-29(20(33)26-10-2-3-13(22)12(21)6-10)5-4-14(11)27-30(17)9-15(34-28)18(31)25-7-16(23)24/h2-3,6,15-16H,4-5,7-9H2,1H3,(H,25,31)(H,26,33). The van der Waals surface area contributed by atoms with E-state index in [9.17, 15) is 27.6 Å². The van der Waals surface area contributed by atoms with E-state index in [1.54, 1.807) is 0 Å². The van der Waals surface area contributed by atoms with E-state index in [0.29, 0.717) is 29.9 Å². The molecule has 2 aliphatic rings. The molecule has 1 atom stereocenters. The van der Waals surface area contributed by atoms with Gasteiger partial charge in [0.1, 0.15) is 11.5 Å². The molecule has 0 radical (unpaired) electrons. The Morgan fingerprint density at radius 2 is 2.12 bits per heavy atom. The molecule has 34 heavy (non-hydrogen) atoms. The Hall–Kier alpha value is -3.13. The summed E-state index contributed by atoms with van der Waals surface area (Å²) in [6.07, 6.45) is -3.61. The van der Waals surface area contributed by atoms with E-state index in [0.717, 1.165) is 5.06 Å². The summed E-state index contributed by atoms with van der Waals surface area (Å²) in [4.78, 5) is 44.9. The van der Waals surface area contributed by atoms with Gasteiger partial charge in [-0.3, -0.25) is 19.1 Å². The summed E-state index contributed by atoms with van der Waals surface area (Å²) >= 11 is 3.07. The highest BCUT2D eigenvalue weighted by molar-refractivity contribution is 9.10. The van der Waals surface area contributed by atoms with Gasteiger partial charge >= 0.3 is 6.03 Å². The zero-order valence-electron chi connectivity index (χ0n) is 17.9. The molecule has 0 saturated carbocycles. The molecule has 0 spiro atoms. The van der Waals surface area contributed by atoms with Crippen LogP contribution in [-0.2, 0) is 29.1 Å². The lowest BCUT2D eigenvalue weighted by Gasteiger charge is -2.27. The Morgan fingerprint density at radius 3 is 2.82 bits per heavy atom. The fraction of sp³-hybridized carbons (Fsp3) is 0.400. The molecule has 1 unspecified atom stereocenters. The van der Waals surface area contributed by atoms with Crippen molar-refractivity contribution in [3.8, 4) is 0 Å². The van der Waals surface area contributed by atoms with Crippen LogP contribution in [0.4, 0.5) is 23.7 Å². The molecule has 0 saturated heterocycles. The van der Waals surface area contributed by atoms with Crippen LogP contribution in [0.1, 0.15) is 21.7 Å². The number of urea groups is 1. The van der Waals surface area contributed by atoms with Gasteiger partial charge in [-0.05, 0) is 34.1 Å². The van der Waals surface area contributed by atoms with E-state index in [-0.39, 0.29) is 23.3 Å². The lowest BCUT2D eigenvalue weighted by Crippen LogP contribution is -2.43. The molecule has 0 aliphatic carbocycles. The fourth-order valence-corrected chi connectivity index (χ4v) is 4.13. The van der Waals surface area contributed by atoms with Gasteiger partial charge in [-0.2, -0.15) is 5.10 Å². The SMILES string of the molecule is CN1OC(C(=O)NCC(F)F)Cn2nc3c(c2C1=O)CN(C(=O)Nc1ccc(F)c(Br)c1)CC3. The number of hydrogen-bond acceptors (Lipinski definition) is 5. The van der Waals surface area contributed by atoms with Gasteiger partial charge in [0, 0.05) is 31.3 Å². The highest BCUT2D eigenvalue weighted by atomic mass is 79.9. The van der Waals surface area contributed by atoms with Gasteiger partial charge in [-0.25, -0.2) is 23.0 Å². The minimum absolute atomic E-state index is 0.0701. The topological polar surface area (TPSA) is 109 Å². The number of hydrogen-bond donors (Lipinski definition) is 2. The second kappa shape index (κ2) is 9.62. The molecule has 2 aliphatic heterocycles. The van der Waals surface area contributed by atoms with Crippen molar-refractivity contribution in [3.05, 3.63) is 45.4 Å². The van der Waals surface area contributed by atoms with Crippen LogP contribution in [0.15, 0.2) is 22.7 Å². The second-order valence-corrected chi connectivity index (χ2v) is 8.57. The molecule has 3 heterocycles. The Labute approximate surface area is 200 Å². The minimum atomic E-state index is -2.73. The van der Waals surface area contributed by atoms with Gasteiger partial charge in [-0.1, -0.05) is 0 Å². The Bertz CT molecular complexity index is 1140. The molecule has 2 aromatic rings. The molecule has 0 bridgehead atoms. The summed E-state index contributed by atoms with van der Waals surface area (Å²) in [7, 11) is 1.31. The van der Waals surface area contributed by atoms with Gasteiger partial charge in [0.15, 0.2) is 6.10 Å². The summed E-state index contributed by atoms with van der Waals surface area (Å²) in [5.41, 5.74) is 1.65. The van der Waals surface area contributed by atoms with E-state index in [1.165, 1.54) is 34.8 Å². The summed E-state index contributed by atoms with van der Waals surface area (Å²) in [6.45, 7) is -0.617. The van der Waals surface area contributed by atoms with Crippen LogP contribution < -0.4 is 10.6 Å². The number of amides is 4. The lowest BCUT2D eigenvalue weighted by molar-refractivity contribution is -0.168. The first-order valence-corrected chi connectivity index (χ1v) is 11.0. The molecular weight excluding hydrogens is 525 g/mol. The number of halogens is 4. The number of carbonyl (C=O) groups excluding carboxylic acids is 3. The van der Waals surface area contributed by atoms with Crippen LogP contribution in [-0.4, -0.2) is 70.3 Å². The van der Waals surface area contributed by atoms with Crippen molar-refractivity contribution in [1.82, 2.24) is 25.1 Å². The number of carbonyl (C=O) groups is 3. The zero-order valence-corrected chi connectivity index (χ0v) is 19.4. The van der Waals surface area contributed by atoms with Crippen molar-refractivity contribution in [2.75, 3.05) is 25.5 Å². The number of hydroxylamine groups is 2. The number of nitrogens with zero attached hydrogens (tertiary/aromatic N) is 4. The van der Waals surface area contributed by atoms with E-state index >= 15 is 0 Å². The van der Waals surface area contributed by atoms with Crippen LogP contribution in [0.3, 0.4) is 0 Å². The molecule has 14 heteroatoms. The van der Waals surface area contributed by atoms with Crippen molar-refractivity contribution in [2.24, 2.45) is 0 Å². The van der Waals surface area contributed by atoms with Gasteiger partial charge in [0.25, 0.3) is 18.2 Å². The third-order valence-electron chi connectivity index (χ3n) is 5.40. The first-order valence-electron chi connectivity index (χ1n) is 10.2. The molecular formula is C20H20BrF3N6O4. The summed E-state index contributed by atoms with van der Waals surface area (Å²) in [5, 5.41) is 10.0. The van der Waals surface area contributed by atoms with Gasteiger partial charge in [0.05, 0.1) is 29.8 Å². The van der Waals surface area contributed by atoms with Crippen LogP contribution in [0.5, 0.6) is 0 Å².